The van der Waals surface area contributed by atoms with Crippen molar-refractivity contribution >= 4 is 34.5 Å². The van der Waals surface area contributed by atoms with Crippen LogP contribution in [0.1, 0.15) is 45.7 Å². The maximum Gasteiger partial charge on any atom is 0.387 e. The molecule has 8 heterocycles. The standard InChI is InChI=1S/C29H26F3N7O4.C29H27F2N7O4/c1-3-38-14-23(35-27(40)22-13-34-39-8-4-7-33-26(22)39)25(36-38)21-12-19(5-6-24(21)43-28(31)32)42-20-10-17(9-18(30)11-20)29(41)15-37(2)16-29;1-3-37-15-23(34-27(39)22-14-33-38-11-5-10-32-26(22)38)25(35-37)21-13-20(8-9-24(21)42-28(30)31)41-19-7-4-6-18(12-19)29(40)16-36(2)17-29/h4-14,28,41H,3,15-16H2,1-2H3,(H,35,40);4-15,28,40H,3,16-17H2,1-2H3,(H,34,39). The first kappa shape index (κ1) is 57.0. The minimum Gasteiger partial charge on any atom is -0.457 e. The molecular weight excluding hydrogens is 1120 g/mol. The Morgan fingerprint density at radius 3 is 1.53 bits per heavy atom. The lowest BCUT2D eigenvalue weighted by molar-refractivity contribution is -0.0923. The van der Waals surface area contributed by atoms with Crippen molar-refractivity contribution in [3.8, 4) is 57.0 Å². The molecule has 2 aliphatic rings. The lowest BCUT2D eigenvalue weighted by Gasteiger charge is -2.44. The molecule has 6 aromatic heterocycles. The van der Waals surface area contributed by atoms with Crippen LogP contribution in [-0.2, 0) is 24.3 Å². The third-order valence-electron chi connectivity index (χ3n) is 13.9. The van der Waals surface area contributed by atoms with Crippen molar-refractivity contribution in [2.24, 2.45) is 0 Å². The highest BCUT2D eigenvalue weighted by Crippen LogP contribution is 2.42. The van der Waals surface area contributed by atoms with E-state index in [1.54, 1.807) is 66.0 Å². The molecule has 438 valence electrons. The molecule has 2 aliphatic heterocycles. The smallest absolute Gasteiger partial charge is 0.387 e. The average molecular weight is 1170 g/mol. The molecular formula is C58H53F5N14O8. The Morgan fingerprint density at radius 2 is 1.06 bits per heavy atom. The predicted molar refractivity (Wildman–Crippen MR) is 298 cm³/mol. The maximum atomic E-state index is 14.5. The van der Waals surface area contributed by atoms with Gasteiger partial charge in [-0.2, -0.15) is 38.0 Å². The number of likely N-dealkylation sites (tertiary alicyclic amines) is 2. The molecule has 27 heteroatoms. The largest absolute Gasteiger partial charge is 0.457 e. The molecule has 0 saturated carbocycles. The Balaban J connectivity index is 0.000000177. The first-order valence-corrected chi connectivity index (χ1v) is 26.5. The van der Waals surface area contributed by atoms with E-state index in [4.69, 9.17) is 18.9 Å². The number of aryl methyl sites for hydroxylation is 2. The number of hydrogen-bond donors (Lipinski definition) is 4. The quantitative estimate of drug-likeness (QED) is 0.0587. The zero-order valence-electron chi connectivity index (χ0n) is 45.8. The summed E-state index contributed by atoms with van der Waals surface area (Å²) < 4.78 is 95.8. The summed E-state index contributed by atoms with van der Waals surface area (Å²) in [5, 5.41) is 44.6. The molecule has 12 rings (SSSR count). The Hall–Kier alpha value is -9.83. The van der Waals surface area contributed by atoms with Crippen molar-refractivity contribution in [2.75, 3.05) is 50.9 Å². The molecule has 0 aliphatic carbocycles. The van der Waals surface area contributed by atoms with Gasteiger partial charge in [-0.25, -0.2) is 23.4 Å². The number of amides is 2. The summed E-state index contributed by atoms with van der Waals surface area (Å²) in [5.74, 6) is -0.991. The summed E-state index contributed by atoms with van der Waals surface area (Å²) in [6.45, 7) is -0.0323. The lowest BCUT2D eigenvalue weighted by Crippen LogP contribution is -2.57. The van der Waals surface area contributed by atoms with Crippen LogP contribution in [0.4, 0.5) is 33.3 Å². The second-order valence-electron chi connectivity index (χ2n) is 20.2. The molecule has 0 spiro atoms. The van der Waals surface area contributed by atoms with Crippen molar-refractivity contribution < 1.29 is 60.7 Å². The number of aromatic nitrogens is 10. The van der Waals surface area contributed by atoms with Gasteiger partial charge in [-0.15, -0.1) is 0 Å². The molecule has 0 radical (unpaired) electrons. The topological polar surface area (TPSA) is 238 Å². The van der Waals surface area contributed by atoms with Gasteiger partial charge in [0.25, 0.3) is 11.8 Å². The molecule has 4 aromatic carbocycles. The minimum absolute atomic E-state index is 0.0918. The first-order chi connectivity index (χ1) is 40.8. The highest BCUT2D eigenvalue weighted by molar-refractivity contribution is 6.10. The number of carbonyl (C=O) groups excluding carboxylic acids is 2. The number of benzene rings is 4. The third kappa shape index (κ3) is 12.2. The molecule has 22 nitrogen and oxygen atoms in total. The average Bonchev–Trinajstić information content (AvgIpc) is 2.64. The number of anilines is 2. The van der Waals surface area contributed by atoms with Crippen molar-refractivity contribution in [1.29, 1.82) is 0 Å². The number of aliphatic hydroxyl groups is 2. The molecule has 85 heavy (non-hydrogen) atoms. The van der Waals surface area contributed by atoms with Crippen molar-refractivity contribution in [3.63, 3.8) is 0 Å². The summed E-state index contributed by atoms with van der Waals surface area (Å²) in [6.07, 6.45) is 12.3. The van der Waals surface area contributed by atoms with Crippen LogP contribution in [0.2, 0.25) is 0 Å². The van der Waals surface area contributed by atoms with E-state index in [9.17, 15) is 41.8 Å². The van der Waals surface area contributed by atoms with Crippen LogP contribution in [0.3, 0.4) is 0 Å². The van der Waals surface area contributed by atoms with Gasteiger partial charge in [0.1, 0.15) is 74.0 Å². The van der Waals surface area contributed by atoms with E-state index in [1.807, 2.05) is 43.8 Å². The Bertz CT molecular complexity index is 4100. The zero-order chi connectivity index (χ0) is 59.7. The fourth-order valence-electron chi connectivity index (χ4n) is 10.1. The summed E-state index contributed by atoms with van der Waals surface area (Å²) >= 11 is 0. The highest BCUT2D eigenvalue weighted by atomic mass is 19.3. The number of nitrogens with zero attached hydrogens (tertiary/aromatic N) is 12. The molecule has 10 aromatic rings. The van der Waals surface area contributed by atoms with E-state index in [2.05, 4.69) is 41.0 Å². The fourth-order valence-corrected chi connectivity index (χ4v) is 10.1. The van der Waals surface area contributed by atoms with Crippen LogP contribution in [0.15, 0.2) is 141 Å². The summed E-state index contributed by atoms with van der Waals surface area (Å²) in [4.78, 5) is 38.8. The number of ether oxygens (including phenoxy) is 4. The number of rotatable bonds is 18. The first-order valence-electron chi connectivity index (χ1n) is 26.5. The summed E-state index contributed by atoms with van der Waals surface area (Å²) in [7, 11) is 3.76. The van der Waals surface area contributed by atoms with E-state index < -0.39 is 42.1 Å². The zero-order valence-corrected chi connectivity index (χ0v) is 45.8. The van der Waals surface area contributed by atoms with E-state index in [1.165, 1.54) is 80.8 Å². The van der Waals surface area contributed by atoms with Crippen LogP contribution in [-0.4, -0.2) is 134 Å². The number of alkyl halides is 4. The molecule has 4 N–H and O–H groups in total. The second-order valence-corrected chi connectivity index (χ2v) is 20.2. The monoisotopic (exact) mass is 1170 g/mol. The molecule has 0 unspecified atom stereocenters. The number of carbonyl (C=O) groups is 2. The molecule has 0 atom stereocenters. The van der Waals surface area contributed by atoms with Crippen LogP contribution in [0.25, 0.3) is 33.8 Å². The van der Waals surface area contributed by atoms with Gasteiger partial charge in [0.05, 0.1) is 34.9 Å². The van der Waals surface area contributed by atoms with Gasteiger partial charge in [-0.3, -0.25) is 28.8 Å². The van der Waals surface area contributed by atoms with Crippen molar-refractivity contribution in [3.05, 3.63) is 169 Å². The number of nitrogens with one attached hydrogen (secondary N) is 2. The lowest BCUT2D eigenvalue weighted by atomic mass is 9.86. The van der Waals surface area contributed by atoms with Crippen LogP contribution < -0.4 is 29.6 Å². The fraction of sp³-hybridized carbons (Fsp3) is 0.241. The number of halogens is 5. The van der Waals surface area contributed by atoms with Crippen molar-refractivity contribution in [2.45, 2.75) is 51.4 Å². The van der Waals surface area contributed by atoms with E-state index >= 15 is 0 Å². The Morgan fingerprint density at radius 1 is 0.600 bits per heavy atom. The molecule has 0 bridgehead atoms. The van der Waals surface area contributed by atoms with Gasteiger partial charge in [0, 0.05) is 82.5 Å². The number of fused-ring (bicyclic) bond motifs is 2. The molecule has 2 saturated heterocycles. The molecule has 2 amide bonds. The maximum absolute atomic E-state index is 14.5. The Labute approximate surface area is 480 Å². The minimum atomic E-state index is -3.14. The van der Waals surface area contributed by atoms with Gasteiger partial charge in [0.15, 0.2) is 11.3 Å². The second kappa shape index (κ2) is 23.4. The van der Waals surface area contributed by atoms with Crippen molar-refractivity contribution in [1.82, 2.24) is 58.6 Å². The number of hydrogen-bond acceptors (Lipinski definition) is 16. The van der Waals surface area contributed by atoms with Gasteiger partial charge in [0.2, 0.25) is 0 Å². The molecule has 2 fully saturated rings. The van der Waals surface area contributed by atoms with Crippen LogP contribution in [0.5, 0.6) is 34.5 Å². The van der Waals surface area contributed by atoms with E-state index in [-0.39, 0.29) is 68.0 Å². The summed E-state index contributed by atoms with van der Waals surface area (Å²) in [6, 6.07) is 22.8. The number of likely N-dealkylation sites (N-methyl/N-ethyl adjacent to an activating group) is 2. The van der Waals surface area contributed by atoms with Gasteiger partial charge >= 0.3 is 13.2 Å². The van der Waals surface area contributed by atoms with Gasteiger partial charge in [-0.1, -0.05) is 12.1 Å². The van der Waals surface area contributed by atoms with E-state index in [0.29, 0.717) is 73.2 Å². The Kier molecular flexibility index (Phi) is 15.7. The van der Waals surface area contributed by atoms with Crippen LogP contribution in [0, 0.1) is 5.82 Å². The SMILES string of the molecule is CCn1cc(NC(=O)c2cnn3cccnc23)c(-c2cc(Oc3cc(F)cc(C4(O)CN(C)C4)c3)ccc2OC(F)F)n1.CCn1cc(NC(=O)c2cnn3cccnc23)c(-c2cc(Oc3cccc(C4(O)CN(C)C4)c3)ccc2OC(F)F)n1. The normalized spacial score (nSPS) is 14.6. The van der Waals surface area contributed by atoms with Gasteiger partial charge < -0.3 is 39.8 Å². The van der Waals surface area contributed by atoms with Crippen LogP contribution >= 0.6 is 0 Å². The number of β-amino-alcohol motifs (C(OH)–C–C–N with tert-alkyl or cyclic N) is 2. The van der Waals surface area contributed by atoms with Gasteiger partial charge in [-0.05, 0) is 112 Å². The predicted octanol–water partition coefficient (Wildman–Crippen LogP) is 8.92. The van der Waals surface area contributed by atoms with E-state index in [0.717, 1.165) is 6.07 Å². The highest BCUT2D eigenvalue weighted by Gasteiger charge is 2.42. The summed E-state index contributed by atoms with van der Waals surface area (Å²) in [5.41, 5.74) is 1.08. The third-order valence-corrected chi connectivity index (χ3v) is 13.9.